The van der Waals surface area contributed by atoms with E-state index in [9.17, 15) is 9.59 Å². The van der Waals surface area contributed by atoms with E-state index >= 15 is 0 Å². The largest absolute Gasteiger partial charge is 0.480 e. The lowest BCUT2D eigenvalue weighted by Crippen LogP contribution is -2.52. The summed E-state index contributed by atoms with van der Waals surface area (Å²) in [7, 11) is 0. The number of carbonyl (C=O) groups is 2. The van der Waals surface area contributed by atoms with Gasteiger partial charge in [-0.2, -0.15) is 11.3 Å². The molecular formula is C13H20N2O3S. The minimum Gasteiger partial charge on any atom is -0.480 e. The predicted molar refractivity (Wildman–Crippen MR) is 75.3 cm³/mol. The summed E-state index contributed by atoms with van der Waals surface area (Å²) >= 11 is 1.58. The zero-order valence-corrected chi connectivity index (χ0v) is 12.4. The number of aryl methyl sites for hydroxylation is 1. The summed E-state index contributed by atoms with van der Waals surface area (Å²) in [6, 6.07) is -1.39. The quantitative estimate of drug-likeness (QED) is 0.794. The number of carboxylic acids is 1. The number of carboxylic acid groups (broad SMARTS) is 1. The van der Waals surface area contributed by atoms with Gasteiger partial charge in [-0.3, -0.25) is 0 Å². The number of thiophene rings is 1. The van der Waals surface area contributed by atoms with Gasteiger partial charge in [0.1, 0.15) is 6.04 Å². The normalized spacial score (nSPS) is 12.8. The molecule has 0 saturated heterocycles. The summed E-state index contributed by atoms with van der Waals surface area (Å²) < 4.78 is 0. The first-order valence-corrected chi connectivity index (χ1v) is 6.95. The molecule has 0 radical (unpaired) electrons. The lowest BCUT2D eigenvalue weighted by atomic mass is 9.87. The van der Waals surface area contributed by atoms with Crippen LogP contribution in [0.1, 0.15) is 31.9 Å². The fraction of sp³-hybridized carbons (Fsp3) is 0.538. The van der Waals surface area contributed by atoms with Crippen LogP contribution in [0.2, 0.25) is 0 Å². The number of aliphatic carboxylic acids is 1. The molecule has 1 heterocycles. The molecule has 3 N–H and O–H groups in total. The summed E-state index contributed by atoms with van der Waals surface area (Å²) in [6.45, 7) is 7.69. The van der Waals surface area contributed by atoms with Crippen LogP contribution in [0.4, 0.5) is 4.79 Å². The van der Waals surface area contributed by atoms with Gasteiger partial charge in [0, 0.05) is 6.54 Å². The Kier molecular flexibility index (Phi) is 4.94. The molecule has 6 heteroatoms. The summed E-state index contributed by atoms with van der Waals surface area (Å²) in [6.07, 6.45) is 0. The zero-order valence-electron chi connectivity index (χ0n) is 11.6. The van der Waals surface area contributed by atoms with E-state index in [1.54, 1.807) is 32.1 Å². The smallest absolute Gasteiger partial charge is 0.326 e. The second-order valence-electron chi connectivity index (χ2n) is 5.54. The Morgan fingerprint density at radius 2 is 2.00 bits per heavy atom. The second-order valence-corrected chi connectivity index (χ2v) is 6.29. The number of nitrogens with one attached hydrogen (secondary N) is 2. The van der Waals surface area contributed by atoms with E-state index in [0.717, 1.165) is 11.1 Å². The second kappa shape index (κ2) is 6.06. The summed E-state index contributed by atoms with van der Waals surface area (Å²) in [5.74, 6) is -1.03. The van der Waals surface area contributed by atoms with Crippen LogP contribution in [0.3, 0.4) is 0 Å². The van der Waals surface area contributed by atoms with Crippen LogP contribution in [-0.4, -0.2) is 23.1 Å². The van der Waals surface area contributed by atoms with Gasteiger partial charge in [0.2, 0.25) is 0 Å². The lowest BCUT2D eigenvalue weighted by Gasteiger charge is -2.27. The number of rotatable bonds is 4. The highest BCUT2D eigenvalue weighted by Crippen LogP contribution is 2.19. The van der Waals surface area contributed by atoms with Crippen LogP contribution in [0.25, 0.3) is 0 Å². The molecule has 1 atom stereocenters. The molecule has 0 fully saturated rings. The van der Waals surface area contributed by atoms with E-state index in [4.69, 9.17) is 5.11 Å². The molecule has 1 aromatic heterocycles. The Morgan fingerprint density at radius 3 is 2.42 bits per heavy atom. The lowest BCUT2D eigenvalue weighted by molar-refractivity contribution is -0.141. The summed E-state index contributed by atoms with van der Waals surface area (Å²) in [4.78, 5) is 22.9. The Labute approximate surface area is 117 Å². The van der Waals surface area contributed by atoms with Crippen molar-refractivity contribution in [3.63, 3.8) is 0 Å². The predicted octanol–water partition coefficient (Wildman–Crippen LogP) is 2.36. The number of amides is 2. The number of hydrogen-bond donors (Lipinski definition) is 3. The highest BCUT2D eigenvalue weighted by Gasteiger charge is 2.32. The molecule has 0 aliphatic rings. The van der Waals surface area contributed by atoms with Crippen molar-refractivity contribution in [3.05, 3.63) is 21.9 Å². The highest BCUT2D eigenvalue weighted by atomic mass is 32.1. The van der Waals surface area contributed by atoms with E-state index in [1.165, 1.54) is 0 Å². The van der Waals surface area contributed by atoms with Crippen LogP contribution >= 0.6 is 11.3 Å². The van der Waals surface area contributed by atoms with Crippen LogP contribution in [0.5, 0.6) is 0 Å². The van der Waals surface area contributed by atoms with Gasteiger partial charge >= 0.3 is 12.0 Å². The molecule has 1 rings (SSSR count). The number of urea groups is 1. The Bertz CT molecular complexity index is 463. The maximum Gasteiger partial charge on any atom is 0.326 e. The molecule has 19 heavy (non-hydrogen) atoms. The van der Waals surface area contributed by atoms with E-state index in [-0.39, 0.29) is 0 Å². The van der Waals surface area contributed by atoms with Crippen LogP contribution in [-0.2, 0) is 11.3 Å². The van der Waals surface area contributed by atoms with Crippen molar-refractivity contribution in [2.24, 2.45) is 5.41 Å². The third-order valence-electron chi connectivity index (χ3n) is 2.79. The van der Waals surface area contributed by atoms with Crippen molar-refractivity contribution in [1.29, 1.82) is 0 Å². The van der Waals surface area contributed by atoms with Gasteiger partial charge < -0.3 is 15.7 Å². The highest BCUT2D eigenvalue weighted by molar-refractivity contribution is 7.08. The van der Waals surface area contributed by atoms with Crippen molar-refractivity contribution >= 4 is 23.3 Å². The molecule has 0 aromatic carbocycles. The van der Waals surface area contributed by atoms with Gasteiger partial charge in [-0.25, -0.2) is 9.59 Å². The minimum atomic E-state index is -1.03. The van der Waals surface area contributed by atoms with Gasteiger partial charge in [-0.15, -0.1) is 0 Å². The van der Waals surface area contributed by atoms with Crippen molar-refractivity contribution in [1.82, 2.24) is 10.6 Å². The molecule has 0 unspecified atom stereocenters. The van der Waals surface area contributed by atoms with Gasteiger partial charge in [-0.05, 0) is 34.2 Å². The fourth-order valence-electron chi connectivity index (χ4n) is 1.57. The number of carbonyl (C=O) groups excluding carboxylic acids is 1. The van der Waals surface area contributed by atoms with Gasteiger partial charge in [0.25, 0.3) is 0 Å². The maximum absolute atomic E-state index is 11.7. The topological polar surface area (TPSA) is 78.4 Å². The first-order chi connectivity index (χ1) is 8.71. The first kappa shape index (κ1) is 15.5. The van der Waals surface area contributed by atoms with Crippen molar-refractivity contribution < 1.29 is 14.7 Å². The van der Waals surface area contributed by atoms with E-state index in [2.05, 4.69) is 10.6 Å². The summed E-state index contributed by atoms with van der Waals surface area (Å²) in [5.41, 5.74) is 1.63. The van der Waals surface area contributed by atoms with Crippen LogP contribution in [0, 0.1) is 12.3 Å². The Morgan fingerprint density at radius 1 is 1.37 bits per heavy atom. The van der Waals surface area contributed by atoms with E-state index < -0.39 is 23.5 Å². The fourth-order valence-corrected chi connectivity index (χ4v) is 2.43. The molecule has 0 bridgehead atoms. The molecule has 1 aromatic rings. The molecule has 0 aliphatic carbocycles. The minimum absolute atomic E-state index is 0.400. The Hall–Kier alpha value is -1.56. The zero-order chi connectivity index (χ0) is 14.6. The van der Waals surface area contributed by atoms with Crippen molar-refractivity contribution in [3.8, 4) is 0 Å². The average molecular weight is 284 g/mol. The molecule has 2 amide bonds. The molecule has 0 spiro atoms. The van der Waals surface area contributed by atoms with Gasteiger partial charge in [-0.1, -0.05) is 20.8 Å². The molecule has 0 saturated carbocycles. The molecular weight excluding hydrogens is 264 g/mol. The molecule has 0 aliphatic heterocycles. The Balaban J connectivity index is 2.55. The van der Waals surface area contributed by atoms with Crippen LogP contribution in [0.15, 0.2) is 10.8 Å². The van der Waals surface area contributed by atoms with E-state index in [1.807, 2.05) is 17.7 Å². The third kappa shape index (κ3) is 4.55. The third-order valence-corrected chi connectivity index (χ3v) is 3.70. The average Bonchev–Trinajstić information content (AvgIpc) is 2.67. The maximum atomic E-state index is 11.7. The van der Waals surface area contributed by atoms with Gasteiger partial charge in [0.05, 0.1) is 0 Å². The SMILES string of the molecule is Cc1cscc1CNC(=O)N[C@@H](C(=O)O)C(C)(C)C. The summed E-state index contributed by atoms with van der Waals surface area (Å²) in [5, 5.41) is 18.3. The standard InChI is InChI=1S/C13H20N2O3S/c1-8-6-19-7-9(8)5-14-12(18)15-10(11(16)17)13(2,3)4/h6-7,10H,5H2,1-4H3,(H,16,17)(H2,14,15,18)/t10-/m0/s1. The van der Waals surface area contributed by atoms with Gasteiger partial charge in [0.15, 0.2) is 0 Å². The van der Waals surface area contributed by atoms with Crippen molar-refractivity contribution in [2.45, 2.75) is 40.3 Å². The molecule has 5 nitrogen and oxygen atoms in total. The van der Waals surface area contributed by atoms with Crippen molar-refractivity contribution in [2.75, 3.05) is 0 Å². The number of hydrogen-bond acceptors (Lipinski definition) is 3. The first-order valence-electron chi connectivity index (χ1n) is 6.00. The van der Waals surface area contributed by atoms with E-state index in [0.29, 0.717) is 6.54 Å². The van der Waals surface area contributed by atoms with Crippen LogP contribution < -0.4 is 10.6 Å². The molecule has 106 valence electrons. The monoisotopic (exact) mass is 284 g/mol.